The summed E-state index contributed by atoms with van der Waals surface area (Å²) >= 11 is 0. The molecule has 2 atom stereocenters. The van der Waals surface area contributed by atoms with Crippen molar-refractivity contribution in [1.29, 1.82) is 0 Å². The highest BCUT2D eigenvalue weighted by molar-refractivity contribution is 5.83. The lowest BCUT2D eigenvalue weighted by Crippen LogP contribution is -2.43. The fourth-order valence-electron chi connectivity index (χ4n) is 3.22. The number of carbonyl (C=O) groups is 1. The van der Waals surface area contributed by atoms with E-state index in [1.165, 1.54) is 10.9 Å². The molecule has 4 N–H and O–H groups in total. The molecule has 2 unspecified atom stereocenters. The first-order chi connectivity index (χ1) is 10.2. The van der Waals surface area contributed by atoms with E-state index in [-0.39, 0.29) is 18.0 Å². The summed E-state index contributed by atoms with van der Waals surface area (Å²) < 4.78 is 0. The highest BCUT2D eigenvalue weighted by Crippen LogP contribution is 2.20. The molecule has 1 amide bonds. The van der Waals surface area contributed by atoms with Gasteiger partial charge in [0.25, 0.3) is 0 Å². The van der Waals surface area contributed by atoms with Crippen molar-refractivity contribution in [3.8, 4) is 0 Å². The number of hydrogen-bond donors (Lipinski definition) is 3. The van der Waals surface area contributed by atoms with Crippen molar-refractivity contribution < 1.29 is 4.79 Å². The Hall–Kier alpha value is -1.81. The average Bonchev–Trinajstić information content (AvgIpc) is 3.07. The molecular formula is C17H23N3O. The quantitative estimate of drug-likeness (QED) is 0.790. The van der Waals surface area contributed by atoms with Crippen LogP contribution >= 0.6 is 0 Å². The maximum atomic E-state index is 12.0. The van der Waals surface area contributed by atoms with Gasteiger partial charge in [-0.2, -0.15) is 0 Å². The molecule has 0 aliphatic heterocycles. The summed E-state index contributed by atoms with van der Waals surface area (Å²) in [6.07, 6.45) is 7.60. The Bertz CT molecular complexity index is 619. The van der Waals surface area contributed by atoms with Gasteiger partial charge in [0, 0.05) is 35.6 Å². The molecule has 1 aliphatic carbocycles. The molecule has 1 heterocycles. The summed E-state index contributed by atoms with van der Waals surface area (Å²) in [5.74, 6) is 0.136. The van der Waals surface area contributed by atoms with Crippen LogP contribution in [0.3, 0.4) is 0 Å². The first-order valence-electron chi connectivity index (χ1n) is 7.84. The molecule has 0 radical (unpaired) electrons. The van der Waals surface area contributed by atoms with Crippen molar-refractivity contribution in [2.24, 2.45) is 5.73 Å². The number of hydrogen-bond acceptors (Lipinski definition) is 2. The third-order valence-electron chi connectivity index (χ3n) is 4.44. The van der Waals surface area contributed by atoms with Crippen molar-refractivity contribution in [3.63, 3.8) is 0 Å². The number of carbonyl (C=O) groups excluding carboxylic acids is 1. The molecule has 1 aromatic heterocycles. The Morgan fingerprint density at radius 3 is 3.00 bits per heavy atom. The van der Waals surface area contributed by atoms with Crippen LogP contribution in [0.25, 0.3) is 10.9 Å². The van der Waals surface area contributed by atoms with Gasteiger partial charge in [0.2, 0.25) is 5.91 Å². The lowest BCUT2D eigenvalue weighted by molar-refractivity contribution is -0.121. The molecule has 1 saturated carbocycles. The van der Waals surface area contributed by atoms with Crippen LogP contribution in [-0.4, -0.2) is 23.0 Å². The van der Waals surface area contributed by atoms with E-state index in [9.17, 15) is 4.79 Å². The number of aromatic nitrogens is 1. The molecule has 0 spiro atoms. The van der Waals surface area contributed by atoms with E-state index in [0.29, 0.717) is 6.42 Å². The van der Waals surface area contributed by atoms with Gasteiger partial charge in [-0.1, -0.05) is 18.2 Å². The fourth-order valence-corrected chi connectivity index (χ4v) is 3.22. The van der Waals surface area contributed by atoms with Crippen LogP contribution in [0.1, 0.15) is 37.7 Å². The largest absolute Gasteiger partial charge is 0.361 e. The van der Waals surface area contributed by atoms with Gasteiger partial charge in [-0.05, 0) is 43.7 Å². The minimum Gasteiger partial charge on any atom is -0.361 e. The molecule has 3 rings (SSSR count). The van der Waals surface area contributed by atoms with Crippen LogP contribution in [0, 0.1) is 0 Å². The SMILES string of the molecule is NC1CCCC1NC(=O)CCCc1c[nH]c2ccccc12. The number of para-hydroxylation sites is 1. The molecule has 4 heteroatoms. The number of amides is 1. The smallest absolute Gasteiger partial charge is 0.220 e. The predicted molar refractivity (Wildman–Crippen MR) is 85.0 cm³/mol. The van der Waals surface area contributed by atoms with Crippen LogP contribution in [0.15, 0.2) is 30.5 Å². The Labute approximate surface area is 125 Å². The van der Waals surface area contributed by atoms with Gasteiger partial charge >= 0.3 is 0 Å². The minimum atomic E-state index is 0.136. The molecular weight excluding hydrogens is 262 g/mol. The lowest BCUT2D eigenvalue weighted by atomic mass is 10.1. The summed E-state index contributed by atoms with van der Waals surface area (Å²) in [5, 5.41) is 4.33. The van der Waals surface area contributed by atoms with Crippen molar-refractivity contribution >= 4 is 16.8 Å². The molecule has 1 fully saturated rings. The Kier molecular flexibility index (Phi) is 4.25. The molecule has 0 bridgehead atoms. The third-order valence-corrected chi connectivity index (χ3v) is 4.44. The second kappa shape index (κ2) is 6.31. The number of aromatic amines is 1. The molecule has 1 aromatic carbocycles. The molecule has 1 aliphatic rings. The van der Waals surface area contributed by atoms with Crippen LogP contribution < -0.4 is 11.1 Å². The van der Waals surface area contributed by atoms with Crippen LogP contribution in [0.4, 0.5) is 0 Å². The Morgan fingerprint density at radius 2 is 2.19 bits per heavy atom. The molecule has 2 aromatic rings. The van der Waals surface area contributed by atoms with E-state index >= 15 is 0 Å². The summed E-state index contributed by atoms with van der Waals surface area (Å²) in [6.45, 7) is 0. The summed E-state index contributed by atoms with van der Waals surface area (Å²) in [7, 11) is 0. The average molecular weight is 285 g/mol. The van der Waals surface area contributed by atoms with Crippen molar-refractivity contribution in [1.82, 2.24) is 10.3 Å². The number of benzene rings is 1. The summed E-state index contributed by atoms with van der Waals surface area (Å²) in [6, 6.07) is 8.61. The van der Waals surface area contributed by atoms with E-state index in [4.69, 9.17) is 5.73 Å². The number of nitrogens with two attached hydrogens (primary N) is 1. The fraction of sp³-hybridized carbons (Fsp3) is 0.471. The zero-order chi connectivity index (χ0) is 14.7. The Morgan fingerprint density at radius 1 is 1.33 bits per heavy atom. The summed E-state index contributed by atoms with van der Waals surface area (Å²) in [5.41, 5.74) is 8.43. The van der Waals surface area contributed by atoms with E-state index in [1.807, 2.05) is 12.1 Å². The normalized spacial score (nSPS) is 21.8. The van der Waals surface area contributed by atoms with Gasteiger partial charge < -0.3 is 16.0 Å². The number of H-pyrrole nitrogens is 1. The molecule has 4 nitrogen and oxygen atoms in total. The first-order valence-corrected chi connectivity index (χ1v) is 7.84. The van der Waals surface area contributed by atoms with Crippen molar-refractivity contribution in [2.45, 2.75) is 50.6 Å². The minimum absolute atomic E-state index is 0.136. The zero-order valence-electron chi connectivity index (χ0n) is 12.3. The number of rotatable bonds is 5. The first kappa shape index (κ1) is 14.1. The third kappa shape index (κ3) is 3.27. The van der Waals surface area contributed by atoms with Gasteiger partial charge in [-0.25, -0.2) is 0 Å². The highest BCUT2D eigenvalue weighted by Gasteiger charge is 2.24. The van der Waals surface area contributed by atoms with Gasteiger partial charge in [0.15, 0.2) is 0 Å². The number of aryl methyl sites for hydroxylation is 1. The van der Waals surface area contributed by atoms with Gasteiger partial charge in [0.1, 0.15) is 0 Å². The summed E-state index contributed by atoms with van der Waals surface area (Å²) in [4.78, 5) is 15.2. The van der Waals surface area contributed by atoms with Crippen LogP contribution in [0.2, 0.25) is 0 Å². The molecule has 21 heavy (non-hydrogen) atoms. The highest BCUT2D eigenvalue weighted by atomic mass is 16.1. The lowest BCUT2D eigenvalue weighted by Gasteiger charge is -2.17. The maximum Gasteiger partial charge on any atom is 0.220 e. The van der Waals surface area contributed by atoms with E-state index in [0.717, 1.165) is 37.6 Å². The second-order valence-corrected chi connectivity index (χ2v) is 5.98. The van der Waals surface area contributed by atoms with Crippen LogP contribution in [0.5, 0.6) is 0 Å². The Balaban J connectivity index is 1.48. The standard InChI is InChI=1S/C17H23N3O/c18-14-7-4-9-16(14)20-17(21)10-3-5-12-11-19-15-8-2-1-6-13(12)15/h1-2,6,8,11,14,16,19H,3-5,7,9-10,18H2,(H,20,21). The van der Waals surface area contributed by atoms with Crippen molar-refractivity contribution in [2.75, 3.05) is 0 Å². The van der Waals surface area contributed by atoms with Gasteiger partial charge in [0.05, 0.1) is 0 Å². The van der Waals surface area contributed by atoms with Crippen molar-refractivity contribution in [3.05, 3.63) is 36.0 Å². The topological polar surface area (TPSA) is 70.9 Å². The molecule has 0 saturated heterocycles. The number of nitrogens with one attached hydrogen (secondary N) is 2. The van der Waals surface area contributed by atoms with E-state index < -0.39 is 0 Å². The maximum absolute atomic E-state index is 12.0. The van der Waals surface area contributed by atoms with Crippen LogP contribution in [-0.2, 0) is 11.2 Å². The monoisotopic (exact) mass is 285 g/mol. The number of fused-ring (bicyclic) bond motifs is 1. The second-order valence-electron chi connectivity index (χ2n) is 5.98. The van der Waals surface area contributed by atoms with Gasteiger partial charge in [-0.15, -0.1) is 0 Å². The predicted octanol–water partition coefficient (Wildman–Crippen LogP) is 2.49. The molecule has 112 valence electrons. The zero-order valence-corrected chi connectivity index (χ0v) is 12.3. The van der Waals surface area contributed by atoms with Gasteiger partial charge in [-0.3, -0.25) is 4.79 Å². The van der Waals surface area contributed by atoms with E-state index in [2.05, 4.69) is 28.6 Å². The van der Waals surface area contributed by atoms with E-state index in [1.54, 1.807) is 0 Å².